The summed E-state index contributed by atoms with van der Waals surface area (Å²) in [5.41, 5.74) is 0.333. The second-order valence-electron chi connectivity index (χ2n) is 7.62. The Hall–Kier alpha value is -2.92. The molecule has 1 aliphatic rings. The second kappa shape index (κ2) is 8.55. The maximum atomic E-state index is 12.9. The number of anilines is 2. The Morgan fingerprint density at radius 3 is 2.50 bits per heavy atom. The first-order valence-corrected chi connectivity index (χ1v) is 11.1. The normalized spacial score (nSPS) is 16.2. The fourth-order valence-electron chi connectivity index (χ4n) is 3.69. The molecule has 11 heteroatoms. The first-order valence-electron chi connectivity index (χ1n) is 9.67. The second-order valence-corrected chi connectivity index (χ2v) is 9.67. The quantitative estimate of drug-likeness (QED) is 0.728. The predicted molar refractivity (Wildman–Crippen MR) is 113 cm³/mol. The number of nitrogens with zero attached hydrogens (tertiary/aromatic N) is 2. The molecule has 0 spiro atoms. The molecule has 0 radical (unpaired) electrons. The molecule has 0 fully saturated rings. The SMILES string of the molecule is CC(=O)N1c2ccc(S(=O)(=O)N(C)CC(=O)Nc3cccc(C(F)(F)F)c3)cc2CC1C. The van der Waals surface area contributed by atoms with E-state index in [-0.39, 0.29) is 22.5 Å². The van der Waals surface area contributed by atoms with Gasteiger partial charge in [-0.15, -0.1) is 0 Å². The van der Waals surface area contributed by atoms with Crippen LogP contribution in [-0.4, -0.2) is 44.2 Å². The van der Waals surface area contributed by atoms with Crippen molar-refractivity contribution in [3.63, 3.8) is 0 Å². The van der Waals surface area contributed by atoms with E-state index >= 15 is 0 Å². The fraction of sp³-hybridized carbons (Fsp3) is 0.333. The van der Waals surface area contributed by atoms with E-state index < -0.39 is 34.2 Å². The van der Waals surface area contributed by atoms with Crippen LogP contribution < -0.4 is 10.2 Å². The van der Waals surface area contributed by atoms with Gasteiger partial charge in [0, 0.05) is 31.4 Å². The Kier molecular flexibility index (Phi) is 6.34. The lowest BCUT2D eigenvalue weighted by Gasteiger charge is -2.21. The van der Waals surface area contributed by atoms with Gasteiger partial charge in [0.15, 0.2) is 0 Å². The Morgan fingerprint density at radius 1 is 1.19 bits per heavy atom. The van der Waals surface area contributed by atoms with Crippen LogP contribution in [0.3, 0.4) is 0 Å². The van der Waals surface area contributed by atoms with Crippen molar-refractivity contribution in [1.82, 2.24) is 4.31 Å². The highest BCUT2D eigenvalue weighted by molar-refractivity contribution is 7.89. The zero-order valence-electron chi connectivity index (χ0n) is 17.6. The van der Waals surface area contributed by atoms with Crippen LogP contribution in [0.2, 0.25) is 0 Å². The van der Waals surface area contributed by atoms with E-state index in [0.717, 1.165) is 22.5 Å². The van der Waals surface area contributed by atoms with Crippen molar-refractivity contribution in [2.24, 2.45) is 0 Å². The number of amides is 2. The number of fused-ring (bicyclic) bond motifs is 1. The summed E-state index contributed by atoms with van der Waals surface area (Å²) in [6.07, 6.45) is -4.07. The third kappa shape index (κ3) is 4.78. The van der Waals surface area contributed by atoms with Gasteiger partial charge in [-0.3, -0.25) is 9.59 Å². The molecule has 1 heterocycles. The number of benzene rings is 2. The van der Waals surface area contributed by atoms with E-state index in [1.807, 2.05) is 6.92 Å². The molecule has 2 aromatic carbocycles. The Morgan fingerprint density at radius 2 is 1.88 bits per heavy atom. The molecular weight excluding hydrogens is 447 g/mol. The first-order chi connectivity index (χ1) is 14.8. The number of halogens is 3. The third-order valence-corrected chi connectivity index (χ3v) is 6.95. The van der Waals surface area contributed by atoms with Gasteiger partial charge < -0.3 is 10.2 Å². The maximum Gasteiger partial charge on any atom is 0.416 e. The van der Waals surface area contributed by atoms with Crippen molar-refractivity contribution in [3.05, 3.63) is 53.6 Å². The zero-order chi connectivity index (χ0) is 23.8. The molecule has 0 saturated carbocycles. The average Bonchev–Trinajstić information content (AvgIpc) is 3.02. The predicted octanol–water partition coefficient (Wildman–Crippen LogP) is 3.26. The molecule has 2 aromatic rings. The monoisotopic (exact) mass is 469 g/mol. The van der Waals surface area contributed by atoms with Crippen LogP contribution in [0, 0.1) is 0 Å². The van der Waals surface area contributed by atoms with Gasteiger partial charge in [-0.2, -0.15) is 17.5 Å². The third-order valence-electron chi connectivity index (χ3n) is 5.15. The minimum Gasteiger partial charge on any atom is -0.325 e. The lowest BCUT2D eigenvalue weighted by Crippen LogP contribution is -2.35. The van der Waals surface area contributed by atoms with Gasteiger partial charge >= 0.3 is 6.18 Å². The summed E-state index contributed by atoms with van der Waals surface area (Å²) in [5.74, 6) is -0.928. The minimum absolute atomic E-state index is 0.0387. The number of carbonyl (C=O) groups is 2. The number of likely N-dealkylation sites (N-methyl/N-ethyl adjacent to an activating group) is 1. The van der Waals surface area contributed by atoms with Gasteiger partial charge in [-0.05, 0) is 55.3 Å². The highest BCUT2D eigenvalue weighted by atomic mass is 32.2. The molecule has 172 valence electrons. The summed E-state index contributed by atoms with van der Waals surface area (Å²) >= 11 is 0. The number of nitrogens with one attached hydrogen (secondary N) is 1. The number of rotatable bonds is 5. The van der Waals surface area contributed by atoms with Gasteiger partial charge in [0.2, 0.25) is 21.8 Å². The molecule has 0 bridgehead atoms. The number of alkyl halides is 3. The van der Waals surface area contributed by atoms with Gasteiger partial charge in [-0.25, -0.2) is 8.42 Å². The van der Waals surface area contributed by atoms with E-state index in [1.54, 1.807) is 11.0 Å². The van der Waals surface area contributed by atoms with Crippen LogP contribution in [0.15, 0.2) is 47.4 Å². The standard InChI is InChI=1S/C21H22F3N3O4S/c1-13-9-15-10-18(7-8-19(15)27(13)14(2)28)32(30,31)26(3)12-20(29)25-17-6-4-5-16(11-17)21(22,23)24/h4-8,10-11,13H,9,12H2,1-3H3,(H,25,29). The lowest BCUT2D eigenvalue weighted by atomic mass is 10.1. The van der Waals surface area contributed by atoms with Crippen molar-refractivity contribution in [1.29, 1.82) is 0 Å². The number of hydrogen-bond acceptors (Lipinski definition) is 4. The van der Waals surface area contributed by atoms with E-state index in [4.69, 9.17) is 0 Å². The number of sulfonamides is 1. The molecule has 2 amide bonds. The van der Waals surface area contributed by atoms with Gasteiger partial charge in [0.25, 0.3) is 0 Å². The summed E-state index contributed by atoms with van der Waals surface area (Å²) in [6, 6.07) is 8.37. The highest BCUT2D eigenvalue weighted by Gasteiger charge is 2.32. The van der Waals surface area contributed by atoms with E-state index in [9.17, 15) is 31.2 Å². The van der Waals surface area contributed by atoms with Crippen LogP contribution in [0.4, 0.5) is 24.5 Å². The molecule has 1 atom stereocenters. The highest BCUT2D eigenvalue weighted by Crippen LogP contribution is 2.34. The molecule has 7 nitrogen and oxygen atoms in total. The first kappa shape index (κ1) is 23.7. The largest absolute Gasteiger partial charge is 0.416 e. The molecule has 1 N–H and O–H groups in total. The van der Waals surface area contributed by atoms with Crippen molar-refractivity contribution in [2.75, 3.05) is 23.8 Å². The molecule has 32 heavy (non-hydrogen) atoms. The molecule has 0 saturated heterocycles. The maximum absolute atomic E-state index is 12.9. The number of carbonyl (C=O) groups excluding carboxylic acids is 2. The van der Waals surface area contributed by atoms with Crippen LogP contribution in [0.25, 0.3) is 0 Å². The molecule has 1 aliphatic heterocycles. The van der Waals surface area contributed by atoms with E-state index in [1.165, 1.54) is 32.2 Å². The van der Waals surface area contributed by atoms with Crippen LogP contribution >= 0.6 is 0 Å². The smallest absolute Gasteiger partial charge is 0.325 e. The summed E-state index contributed by atoms with van der Waals surface area (Å²) in [7, 11) is -2.84. The molecular formula is C21H22F3N3O4S. The zero-order valence-corrected chi connectivity index (χ0v) is 18.4. The molecule has 3 rings (SSSR count). The van der Waals surface area contributed by atoms with Crippen molar-refractivity contribution < 1.29 is 31.2 Å². The van der Waals surface area contributed by atoms with Gasteiger partial charge in [-0.1, -0.05) is 6.07 Å². The lowest BCUT2D eigenvalue weighted by molar-refractivity contribution is -0.137. The Bertz CT molecular complexity index is 1170. The van der Waals surface area contributed by atoms with Crippen LogP contribution in [-0.2, 0) is 32.2 Å². The summed E-state index contributed by atoms with van der Waals surface area (Å²) in [4.78, 5) is 25.7. The molecule has 0 aliphatic carbocycles. The van der Waals surface area contributed by atoms with Crippen molar-refractivity contribution >= 4 is 33.2 Å². The topological polar surface area (TPSA) is 86.8 Å². The Labute approximate surface area is 183 Å². The van der Waals surface area contributed by atoms with E-state index in [2.05, 4.69) is 5.32 Å². The fourth-order valence-corrected chi connectivity index (χ4v) is 4.87. The Balaban J connectivity index is 1.74. The summed E-state index contributed by atoms with van der Waals surface area (Å²) < 4.78 is 65.1. The van der Waals surface area contributed by atoms with Gasteiger partial charge in [0.05, 0.1) is 17.0 Å². The van der Waals surface area contributed by atoms with Crippen LogP contribution in [0.5, 0.6) is 0 Å². The van der Waals surface area contributed by atoms with Crippen molar-refractivity contribution in [3.8, 4) is 0 Å². The van der Waals surface area contributed by atoms with E-state index in [0.29, 0.717) is 17.7 Å². The van der Waals surface area contributed by atoms with Crippen molar-refractivity contribution in [2.45, 2.75) is 37.4 Å². The van der Waals surface area contributed by atoms with Gasteiger partial charge in [0.1, 0.15) is 0 Å². The minimum atomic E-state index is -4.57. The molecule has 1 unspecified atom stereocenters. The summed E-state index contributed by atoms with van der Waals surface area (Å²) in [6.45, 7) is 2.71. The summed E-state index contributed by atoms with van der Waals surface area (Å²) in [5, 5.41) is 2.29. The average molecular weight is 469 g/mol. The molecule has 0 aromatic heterocycles. The number of hydrogen-bond donors (Lipinski definition) is 1. The van der Waals surface area contributed by atoms with Crippen LogP contribution in [0.1, 0.15) is 25.0 Å².